The Balaban J connectivity index is 1.98. The molecule has 108 valence electrons. The standard InChI is InChI=1S/C18H10BrIOS/c19-11-5-3-7-13-17(11)18-14(21-13)8-4-10-16(18)22-15-9-2-1-6-12(15)20/h1-10H. The third-order valence-electron chi connectivity index (χ3n) is 3.49. The molecular weight excluding hydrogens is 471 g/mol. The van der Waals surface area contributed by atoms with E-state index in [0.29, 0.717) is 0 Å². The molecule has 4 rings (SSSR count). The monoisotopic (exact) mass is 480 g/mol. The van der Waals surface area contributed by atoms with Crippen LogP contribution in [-0.4, -0.2) is 0 Å². The molecule has 3 aromatic carbocycles. The average molecular weight is 481 g/mol. The molecule has 1 nitrogen and oxygen atoms in total. The minimum atomic E-state index is 0.917. The van der Waals surface area contributed by atoms with Crippen molar-refractivity contribution in [3.8, 4) is 0 Å². The van der Waals surface area contributed by atoms with Crippen molar-refractivity contribution in [2.45, 2.75) is 9.79 Å². The lowest BCUT2D eigenvalue weighted by atomic mass is 10.1. The fraction of sp³-hybridized carbons (Fsp3) is 0. The largest absolute Gasteiger partial charge is 0.456 e. The maximum Gasteiger partial charge on any atom is 0.136 e. The van der Waals surface area contributed by atoms with Gasteiger partial charge in [0, 0.05) is 28.6 Å². The van der Waals surface area contributed by atoms with Crippen LogP contribution >= 0.6 is 50.3 Å². The summed E-state index contributed by atoms with van der Waals surface area (Å²) in [5.74, 6) is 0. The molecule has 0 aliphatic heterocycles. The Bertz CT molecular complexity index is 993. The van der Waals surface area contributed by atoms with Crippen molar-refractivity contribution in [2.24, 2.45) is 0 Å². The van der Waals surface area contributed by atoms with Crippen LogP contribution in [0.15, 0.2) is 79.3 Å². The zero-order valence-electron chi connectivity index (χ0n) is 11.3. The summed E-state index contributed by atoms with van der Waals surface area (Å²) >= 11 is 7.82. The van der Waals surface area contributed by atoms with Gasteiger partial charge in [-0.15, -0.1) is 0 Å². The van der Waals surface area contributed by atoms with Crippen molar-refractivity contribution in [3.63, 3.8) is 0 Å². The minimum Gasteiger partial charge on any atom is -0.456 e. The molecular formula is C18H10BrIOS. The van der Waals surface area contributed by atoms with E-state index in [9.17, 15) is 0 Å². The molecule has 0 N–H and O–H groups in total. The van der Waals surface area contributed by atoms with E-state index in [1.165, 1.54) is 18.7 Å². The van der Waals surface area contributed by atoms with E-state index in [1.807, 2.05) is 18.2 Å². The van der Waals surface area contributed by atoms with E-state index in [1.54, 1.807) is 11.8 Å². The quantitative estimate of drug-likeness (QED) is 0.284. The molecule has 0 saturated heterocycles. The van der Waals surface area contributed by atoms with Gasteiger partial charge in [-0.2, -0.15) is 0 Å². The highest BCUT2D eigenvalue weighted by atomic mass is 127. The number of benzene rings is 3. The first-order valence-electron chi connectivity index (χ1n) is 6.76. The van der Waals surface area contributed by atoms with Crippen molar-refractivity contribution in [2.75, 3.05) is 0 Å². The topological polar surface area (TPSA) is 13.1 Å². The highest BCUT2D eigenvalue weighted by Gasteiger charge is 2.14. The number of halogens is 2. The molecule has 1 heterocycles. The first-order chi connectivity index (χ1) is 10.7. The molecule has 0 atom stereocenters. The molecule has 0 unspecified atom stereocenters. The summed E-state index contributed by atoms with van der Waals surface area (Å²) in [7, 11) is 0. The normalized spacial score (nSPS) is 11.4. The van der Waals surface area contributed by atoms with E-state index in [4.69, 9.17) is 4.42 Å². The summed E-state index contributed by atoms with van der Waals surface area (Å²) in [5, 5.41) is 2.32. The first-order valence-corrected chi connectivity index (χ1v) is 9.45. The lowest BCUT2D eigenvalue weighted by Crippen LogP contribution is -1.80. The lowest BCUT2D eigenvalue weighted by molar-refractivity contribution is 0.668. The predicted octanol–water partition coefficient (Wildman–Crippen LogP) is 7.10. The van der Waals surface area contributed by atoms with Crippen LogP contribution in [0.4, 0.5) is 0 Å². The third kappa shape index (κ3) is 2.47. The van der Waals surface area contributed by atoms with E-state index in [-0.39, 0.29) is 0 Å². The molecule has 0 bridgehead atoms. The van der Waals surface area contributed by atoms with Gasteiger partial charge in [0.2, 0.25) is 0 Å². The van der Waals surface area contributed by atoms with Crippen LogP contribution < -0.4 is 0 Å². The van der Waals surface area contributed by atoms with Crippen molar-refractivity contribution < 1.29 is 4.42 Å². The van der Waals surface area contributed by atoms with Gasteiger partial charge in [0.05, 0.1) is 0 Å². The Morgan fingerprint density at radius 2 is 1.45 bits per heavy atom. The number of fused-ring (bicyclic) bond motifs is 3. The lowest BCUT2D eigenvalue weighted by Gasteiger charge is -2.06. The molecule has 0 aliphatic carbocycles. The van der Waals surface area contributed by atoms with Crippen molar-refractivity contribution >= 4 is 72.2 Å². The Kier molecular flexibility index (Phi) is 3.92. The smallest absolute Gasteiger partial charge is 0.136 e. The molecule has 0 radical (unpaired) electrons. The molecule has 1 aromatic heterocycles. The molecule has 0 spiro atoms. The van der Waals surface area contributed by atoms with Crippen molar-refractivity contribution in [3.05, 3.63) is 68.7 Å². The van der Waals surface area contributed by atoms with E-state index < -0.39 is 0 Å². The van der Waals surface area contributed by atoms with Crippen LogP contribution in [-0.2, 0) is 0 Å². The van der Waals surface area contributed by atoms with Gasteiger partial charge < -0.3 is 4.42 Å². The van der Waals surface area contributed by atoms with E-state index >= 15 is 0 Å². The van der Waals surface area contributed by atoms with Gasteiger partial charge in [-0.05, 0) is 59.0 Å². The van der Waals surface area contributed by atoms with Gasteiger partial charge in [0.15, 0.2) is 0 Å². The van der Waals surface area contributed by atoms with Crippen LogP contribution in [0.1, 0.15) is 0 Å². The Hall–Kier alpha value is -0.980. The summed E-state index contributed by atoms with van der Waals surface area (Å²) in [6.45, 7) is 0. The maximum atomic E-state index is 6.00. The fourth-order valence-corrected chi connectivity index (χ4v) is 4.79. The first kappa shape index (κ1) is 14.6. The second-order valence-corrected chi connectivity index (χ2v) is 7.98. The second-order valence-electron chi connectivity index (χ2n) is 4.88. The third-order valence-corrected chi connectivity index (χ3v) is 6.59. The maximum absolute atomic E-state index is 6.00. The number of hydrogen-bond donors (Lipinski definition) is 0. The zero-order valence-corrected chi connectivity index (χ0v) is 15.9. The van der Waals surface area contributed by atoms with Gasteiger partial charge in [-0.25, -0.2) is 0 Å². The number of furan rings is 1. The van der Waals surface area contributed by atoms with E-state index in [2.05, 4.69) is 81.0 Å². The molecule has 4 aromatic rings. The molecule has 4 heteroatoms. The van der Waals surface area contributed by atoms with Gasteiger partial charge in [-0.3, -0.25) is 0 Å². The molecule has 0 aliphatic rings. The summed E-state index contributed by atoms with van der Waals surface area (Å²) in [6, 6.07) is 20.7. The summed E-state index contributed by atoms with van der Waals surface area (Å²) in [4.78, 5) is 2.48. The van der Waals surface area contributed by atoms with Crippen LogP contribution in [0.3, 0.4) is 0 Å². The summed E-state index contributed by atoms with van der Waals surface area (Å²) in [5.41, 5.74) is 1.85. The molecule has 22 heavy (non-hydrogen) atoms. The fourth-order valence-electron chi connectivity index (χ4n) is 2.52. The highest BCUT2D eigenvalue weighted by Crippen LogP contribution is 2.42. The van der Waals surface area contributed by atoms with Gasteiger partial charge in [0.25, 0.3) is 0 Å². The molecule has 0 saturated carbocycles. The second kappa shape index (κ2) is 5.91. The van der Waals surface area contributed by atoms with Crippen LogP contribution in [0.2, 0.25) is 0 Å². The van der Waals surface area contributed by atoms with Crippen LogP contribution in [0.5, 0.6) is 0 Å². The Morgan fingerprint density at radius 3 is 2.27 bits per heavy atom. The Labute approximate surface area is 154 Å². The van der Waals surface area contributed by atoms with Crippen LogP contribution in [0.25, 0.3) is 21.9 Å². The molecule has 0 fully saturated rings. The zero-order chi connectivity index (χ0) is 15.1. The van der Waals surface area contributed by atoms with Crippen LogP contribution in [0, 0.1) is 3.57 Å². The average Bonchev–Trinajstić information content (AvgIpc) is 2.90. The van der Waals surface area contributed by atoms with Gasteiger partial charge >= 0.3 is 0 Å². The minimum absolute atomic E-state index is 0.917. The predicted molar refractivity (Wildman–Crippen MR) is 105 cm³/mol. The van der Waals surface area contributed by atoms with Crippen molar-refractivity contribution in [1.82, 2.24) is 0 Å². The number of hydrogen-bond acceptors (Lipinski definition) is 2. The Morgan fingerprint density at radius 1 is 0.773 bits per heavy atom. The molecule has 0 amide bonds. The number of rotatable bonds is 2. The summed E-state index contributed by atoms with van der Waals surface area (Å²) < 4.78 is 8.32. The van der Waals surface area contributed by atoms with Gasteiger partial charge in [0.1, 0.15) is 11.2 Å². The van der Waals surface area contributed by atoms with Gasteiger partial charge in [-0.1, -0.05) is 52.0 Å². The van der Waals surface area contributed by atoms with E-state index in [0.717, 1.165) is 21.0 Å². The highest BCUT2D eigenvalue weighted by molar-refractivity contribution is 14.1. The van der Waals surface area contributed by atoms with Crippen molar-refractivity contribution in [1.29, 1.82) is 0 Å². The summed E-state index contributed by atoms with van der Waals surface area (Å²) in [6.07, 6.45) is 0. The SMILES string of the molecule is Brc1cccc2oc3cccc(Sc4ccccc4I)c3c12.